The van der Waals surface area contributed by atoms with Crippen LogP contribution < -0.4 is 5.73 Å². The molecule has 0 fully saturated rings. The molecule has 4 heteroatoms. The van der Waals surface area contributed by atoms with Crippen molar-refractivity contribution in [3.8, 4) is 5.69 Å². The van der Waals surface area contributed by atoms with Crippen LogP contribution in [-0.2, 0) is 0 Å². The Morgan fingerprint density at radius 1 is 1.06 bits per heavy atom. The number of pyridine rings is 1. The number of anilines is 1. The molecule has 78 valence electrons. The van der Waals surface area contributed by atoms with Crippen LogP contribution in [0.15, 0.2) is 49.1 Å². The number of aromatic nitrogens is 3. The minimum absolute atomic E-state index is 0.735. The Hall–Kier alpha value is -2.36. The van der Waals surface area contributed by atoms with Crippen molar-refractivity contribution in [2.45, 2.75) is 0 Å². The summed E-state index contributed by atoms with van der Waals surface area (Å²) in [5, 5.41) is 6.23. The highest BCUT2D eigenvalue weighted by Gasteiger charge is 2.05. The largest absolute Gasteiger partial charge is 0.398 e. The summed E-state index contributed by atoms with van der Waals surface area (Å²) in [5.74, 6) is 0. The monoisotopic (exact) mass is 210 g/mol. The number of nitrogens with two attached hydrogens (primary N) is 1. The van der Waals surface area contributed by atoms with Gasteiger partial charge in [0.05, 0.1) is 5.69 Å². The molecule has 0 aliphatic heterocycles. The third kappa shape index (κ3) is 1.24. The van der Waals surface area contributed by atoms with E-state index in [2.05, 4.69) is 10.1 Å². The number of nitrogens with zero attached hydrogens (tertiary/aromatic N) is 3. The topological polar surface area (TPSA) is 56.7 Å². The molecule has 4 nitrogen and oxygen atoms in total. The van der Waals surface area contributed by atoms with E-state index in [0.717, 1.165) is 22.1 Å². The Kier molecular flexibility index (Phi) is 1.86. The third-order valence-corrected chi connectivity index (χ3v) is 2.58. The second-order valence-electron chi connectivity index (χ2n) is 3.55. The van der Waals surface area contributed by atoms with E-state index < -0.39 is 0 Å². The van der Waals surface area contributed by atoms with Crippen LogP contribution in [0.25, 0.3) is 16.5 Å². The van der Waals surface area contributed by atoms with E-state index in [1.54, 1.807) is 18.6 Å². The second kappa shape index (κ2) is 3.34. The summed E-state index contributed by atoms with van der Waals surface area (Å²) in [6, 6.07) is 7.68. The van der Waals surface area contributed by atoms with Gasteiger partial charge in [0, 0.05) is 41.2 Å². The number of rotatable bonds is 1. The molecule has 0 atom stereocenters. The summed E-state index contributed by atoms with van der Waals surface area (Å²) < 4.78 is 1.82. The molecule has 3 rings (SSSR count). The Morgan fingerprint density at radius 2 is 2.00 bits per heavy atom. The molecule has 0 aliphatic carbocycles. The van der Waals surface area contributed by atoms with Gasteiger partial charge in [0.25, 0.3) is 0 Å². The van der Waals surface area contributed by atoms with E-state index in [1.807, 2.05) is 35.1 Å². The van der Waals surface area contributed by atoms with Gasteiger partial charge in [-0.25, -0.2) is 4.68 Å². The molecule has 0 amide bonds. The van der Waals surface area contributed by atoms with Gasteiger partial charge in [0.15, 0.2) is 0 Å². The fourth-order valence-corrected chi connectivity index (χ4v) is 1.81. The van der Waals surface area contributed by atoms with Crippen molar-refractivity contribution in [2.75, 3.05) is 5.73 Å². The molecular weight excluding hydrogens is 200 g/mol. The molecule has 2 N–H and O–H groups in total. The van der Waals surface area contributed by atoms with Crippen LogP contribution in [0.1, 0.15) is 0 Å². The van der Waals surface area contributed by atoms with E-state index in [0.29, 0.717) is 0 Å². The fraction of sp³-hybridized carbons (Fsp3) is 0. The molecule has 16 heavy (non-hydrogen) atoms. The Morgan fingerprint density at radius 3 is 2.81 bits per heavy atom. The lowest BCUT2D eigenvalue weighted by Crippen LogP contribution is -1.97. The maximum Gasteiger partial charge on any atom is 0.0726 e. The van der Waals surface area contributed by atoms with Crippen LogP contribution >= 0.6 is 0 Å². The molecule has 2 aromatic heterocycles. The van der Waals surface area contributed by atoms with E-state index in [1.165, 1.54) is 0 Å². The highest BCUT2D eigenvalue weighted by atomic mass is 15.3. The van der Waals surface area contributed by atoms with E-state index >= 15 is 0 Å². The lowest BCUT2D eigenvalue weighted by Gasteiger charge is -2.07. The van der Waals surface area contributed by atoms with E-state index in [-0.39, 0.29) is 0 Å². The van der Waals surface area contributed by atoms with Crippen LogP contribution in [0.5, 0.6) is 0 Å². The van der Waals surface area contributed by atoms with Gasteiger partial charge in [-0.05, 0) is 24.3 Å². The first-order chi connectivity index (χ1) is 7.86. The van der Waals surface area contributed by atoms with Crippen molar-refractivity contribution in [1.29, 1.82) is 0 Å². The fourth-order valence-electron chi connectivity index (χ4n) is 1.81. The number of hydrogen-bond acceptors (Lipinski definition) is 3. The summed E-state index contributed by atoms with van der Waals surface area (Å²) in [5.41, 5.74) is 7.65. The number of hydrogen-bond donors (Lipinski definition) is 1. The zero-order valence-electron chi connectivity index (χ0n) is 8.54. The van der Waals surface area contributed by atoms with Gasteiger partial charge >= 0.3 is 0 Å². The summed E-state index contributed by atoms with van der Waals surface area (Å²) in [6.07, 6.45) is 7.20. The van der Waals surface area contributed by atoms with Crippen molar-refractivity contribution in [1.82, 2.24) is 14.8 Å². The molecule has 0 bridgehead atoms. The van der Waals surface area contributed by atoms with Crippen molar-refractivity contribution in [3.05, 3.63) is 49.1 Å². The normalized spacial score (nSPS) is 10.8. The quantitative estimate of drug-likeness (QED) is 0.625. The SMILES string of the molecule is Nc1ccc(-n2cccn2)c2ccncc12. The molecule has 0 aliphatic rings. The van der Waals surface area contributed by atoms with E-state index in [4.69, 9.17) is 5.73 Å². The number of fused-ring (bicyclic) bond motifs is 1. The van der Waals surface area contributed by atoms with Crippen molar-refractivity contribution in [2.24, 2.45) is 0 Å². The summed E-state index contributed by atoms with van der Waals surface area (Å²) in [6.45, 7) is 0. The standard InChI is InChI=1S/C12H10N4/c13-11-2-3-12(16-7-1-5-15-16)9-4-6-14-8-10(9)11/h1-8H,13H2. The molecule has 0 spiro atoms. The van der Waals surface area contributed by atoms with Crippen LogP contribution in [0.3, 0.4) is 0 Å². The smallest absolute Gasteiger partial charge is 0.0726 e. The number of benzene rings is 1. The van der Waals surface area contributed by atoms with Gasteiger partial charge in [0.1, 0.15) is 0 Å². The van der Waals surface area contributed by atoms with Crippen LogP contribution in [0.4, 0.5) is 5.69 Å². The zero-order chi connectivity index (χ0) is 11.0. The molecule has 0 saturated carbocycles. The highest BCUT2D eigenvalue weighted by Crippen LogP contribution is 2.25. The highest BCUT2D eigenvalue weighted by molar-refractivity contribution is 5.97. The summed E-state index contributed by atoms with van der Waals surface area (Å²) in [4.78, 5) is 4.09. The van der Waals surface area contributed by atoms with Crippen molar-refractivity contribution >= 4 is 16.5 Å². The summed E-state index contributed by atoms with van der Waals surface area (Å²) >= 11 is 0. The van der Waals surface area contributed by atoms with E-state index in [9.17, 15) is 0 Å². The molecule has 0 saturated heterocycles. The second-order valence-corrected chi connectivity index (χ2v) is 3.55. The van der Waals surface area contributed by atoms with Gasteiger partial charge in [-0.3, -0.25) is 4.98 Å². The Balaban J connectivity index is 2.39. The van der Waals surface area contributed by atoms with Crippen molar-refractivity contribution < 1.29 is 0 Å². The molecular formula is C12H10N4. The van der Waals surface area contributed by atoms with Gasteiger partial charge in [-0.2, -0.15) is 5.10 Å². The zero-order valence-corrected chi connectivity index (χ0v) is 8.54. The number of nitrogen functional groups attached to an aromatic ring is 1. The average molecular weight is 210 g/mol. The van der Waals surface area contributed by atoms with Gasteiger partial charge in [-0.1, -0.05) is 0 Å². The third-order valence-electron chi connectivity index (χ3n) is 2.58. The molecule has 1 aromatic carbocycles. The van der Waals surface area contributed by atoms with Crippen LogP contribution in [0, 0.1) is 0 Å². The molecule has 0 unspecified atom stereocenters. The molecule has 2 heterocycles. The lowest BCUT2D eigenvalue weighted by molar-refractivity contribution is 0.888. The lowest BCUT2D eigenvalue weighted by atomic mass is 10.1. The maximum atomic E-state index is 5.91. The Labute approximate surface area is 92.3 Å². The summed E-state index contributed by atoms with van der Waals surface area (Å²) in [7, 11) is 0. The minimum atomic E-state index is 0.735. The average Bonchev–Trinajstić information content (AvgIpc) is 2.83. The first-order valence-electron chi connectivity index (χ1n) is 4.98. The maximum absolute atomic E-state index is 5.91. The van der Waals surface area contributed by atoms with Crippen molar-refractivity contribution in [3.63, 3.8) is 0 Å². The first kappa shape index (κ1) is 8.91. The van der Waals surface area contributed by atoms with Gasteiger partial charge in [-0.15, -0.1) is 0 Å². The van der Waals surface area contributed by atoms with Crippen LogP contribution in [0.2, 0.25) is 0 Å². The molecule has 3 aromatic rings. The van der Waals surface area contributed by atoms with Crippen LogP contribution in [-0.4, -0.2) is 14.8 Å². The predicted octanol–water partition coefficient (Wildman–Crippen LogP) is 2.00. The minimum Gasteiger partial charge on any atom is -0.398 e. The van der Waals surface area contributed by atoms with Gasteiger partial charge < -0.3 is 5.73 Å². The Bertz CT molecular complexity index is 629. The molecule has 0 radical (unpaired) electrons. The van der Waals surface area contributed by atoms with Gasteiger partial charge in [0.2, 0.25) is 0 Å². The first-order valence-corrected chi connectivity index (χ1v) is 4.98. The predicted molar refractivity (Wildman–Crippen MR) is 63.3 cm³/mol.